The molecule has 2 rings (SSSR count). The number of sulfonamides is 1. The van der Waals surface area contributed by atoms with Crippen molar-refractivity contribution in [2.75, 3.05) is 7.05 Å². The first-order chi connectivity index (χ1) is 9.80. The van der Waals surface area contributed by atoms with Crippen LogP contribution in [0.1, 0.15) is 11.1 Å². The zero-order valence-electron chi connectivity index (χ0n) is 11.7. The van der Waals surface area contributed by atoms with Crippen LogP contribution in [-0.4, -0.2) is 19.8 Å². The van der Waals surface area contributed by atoms with E-state index in [0.29, 0.717) is 10.6 Å². The van der Waals surface area contributed by atoms with Gasteiger partial charge in [0.2, 0.25) is 10.0 Å². The molecule has 0 spiro atoms. The van der Waals surface area contributed by atoms with E-state index in [-0.39, 0.29) is 11.4 Å². The van der Waals surface area contributed by atoms with Gasteiger partial charge in [0.05, 0.1) is 0 Å². The van der Waals surface area contributed by atoms with Gasteiger partial charge in [-0.15, -0.1) is 0 Å². The summed E-state index contributed by atoms with van der Waals surface area (Å²) in [5.74, 6) is -0.751. The van der Waals surface area contributed by atoms with Crippen LogP contribution in [0.3, 0.4) is 0 Å². The number of benzene rings is 2. The second kappa shape index (κ2) is 6.13. The van der Waals surface area contributed by atoms with E-state index in [2.05, 4.69) is 0 Å². The van der Waals surface area contributed by atoms with Gasteiger partial charge < -0.3 is 0 Å². The Morgan fingerprint density at radius 2 is 1.90 bits per heavy atom. The molecule has 0 radical (unpaired) electrons. The predicted octanol–water partition coefficient (Wildman–Crippen LogP) is 3.61. The molecule has 0 atom stereocenters. The Morgan fingerprint density at radius 3 is 2.57 bits per heavy atom. The normalized spacial score (nSPS) is 11.9. The molecule has 0 saturated heterocycles. The maximum atomic E-state index is 13.8. The van der Waals surface area contributed by atoms with E-state index in [1.54, 1.807) is 31.2 Å². The monoisotopic (exact) mass is 327 g/mol. The summed E-state index contributed by atoms with van der Waals surface area (Å²) < 4.78 is 39.8. The van der Waals surface area contributed by atoms with Gasteiger partial charge in [-0.3, -0.25) is 0 Å². The number of nitrogens with zero attached hydrogens (tertiary/aromatic N) is 1. The minimum absolute atomic E-state index is 0.121. The summed E-state index contributed by atoms with van der Waals surface area (Å²) in [4.78, 5) is -0.313. The molecular formula is C15H15ClFNO2S. The first-order valence-electron chi connectivity index (χ1n) is 6.27. The molecule has 0 N–H and O–H groups in total. The zero-order chi connectivity index (χ0) is 15.6. The largest absolute Gasteiger partial charge is 0.246 e. The second-order valence-corrected chi connectivity index (χ2v) is 7.27. The SMILES string of the molecule is Cc1ccc(F)c(S(=O)(=O)N(C)Cc2cccc(Cl)c2)c1. The molecule has 0 aliphatic heterocycles. The third kappa shape index (κ3) is 3.61. The van der Waals surface area contributed by atoms with Gasteiger partial charge in [-0.1, -0.05) is 29.8 Å². The summed E-state index contributed by atoms with van der Waals surface area (Å²) in [7, 11) is -2.47. The van der Waals surface area contributed by atoms with Crippen LogP contribution in [0.2, 0.25) is 5.02 Å². The molecule has 21 heavy (non-hydrogen) atoms. The molecule has 0 aliphatic carbocycles. The van der Waals surface area contributed by atoms with E-state index in [0.717, 1.165) is 15.9 Å². The lowest BCUT2D eigenvalue weighted by molar-refractivity contribution is 0.460. The summed E-state index contributed by atoms with van der Waals surface area (Å²) >= 11 is 5.88. The van der Waals surface area contributed by atoms with Crippen molar-refractivity contribution in [3.63, 3.8) is 0 Å². The number of hydrogen-bond acceptors (Lipinski definition) is 2. The standard InChI is InChI=1S/C15H15ClFNO2S/c1-11-6-7-14(17)15(8-11)21(19,20)18(2)10-12-4-3-5-13(16)9-12/h3-9H,10H2,1-2H3. The number of hydrogen-bond donors (Lipinski definition) is 0. The Hall–Kier alpha value is -1.43. The summed E-state index contributed by atoms with van der Waals surface area (Å²) in [5, 5.41) is 0.528. The minimum Gasteiger partial charge on any atom is -0.207 e. The van der Waals surface area contributed by atoms with Crippen molar-refractivity contribution in [2.45, 2.75) is 18.4 Å². The molecule has 112 valence electrons. The van der Waals surface area contributed by atoms with Gasteiger partial charge in [0, 0.05) is 18.6 Å². The topological polar surface area (TPSA) is 37.4 Å². The molecule has 0 amide bonds. The molecule has 6 heteroatoms. The van der Waals surface area contributed by atoms with Crippen molar-refractivity contribution in [1.82, 2.24) is 4.31 Å². The highest BCUT2D eigenvalue weighted by atomic mass is 35.5. The van der Waals surface area contributed by atoms with Crippen LogP contribution < -0.4 is 0 Å². The molecule has 0 aliphatic rings. The van der Waals surface area contributed by atoms with Crippen LogP contribution >= 0.6 is 11.6 Å². The van der Waals surface area contributed by atoms with Gasteiger partial charge in [0.25, 0.3) is 0 Å². The van der Waals surface area contributed by atoms with Crippen molar-refractivity contribution in [2.24, 2.45) is 0 Å². The second-order valence-electron chi connectivity index (χ2n) is 4.82. The van der Waals surface area contributed by atoms with Gasteiger partial charge in [-0.2, -0.15) is 4.31 Å². The Labute approximate surface area is 129 Å². The average Bonchev–Trinajstić information content (AvgIpc) is 2.41. The fourth-order valence-electron chi connectivity index (χ4n) is 1.95. The molecule has 0 bridgehead atoms. The van der Waals surface area contributed by atoms with Gasteiger partial charge >= 0.3 is 0 Å². The van der Waals surface area contributed by atoms with Crippen molar-refractivity contribution >= 4 is 21.6 Å². The molecule has 0 aromatic heterocycles. The Balaban J connectivity index is 2.33. The van der Waals surface area contributed by atoms with Crippen molar-refractivity contribution in [1.29, 1.82) is 0 Å². The highest BCUT2D eigenvalue weighted by Gasteiger charge is 2.24. The van der Waals surface area contributed by atoms with E-state index in [1.807, 2.05) is 0 Å². The molecule has 3 nitrogen and oxygen atoms in total. The first-order valence-corrected chi connectivity index (χ1v) is 8.09. The highest BCUT2D eigenvalue weighted by Crippen LogP contribution is 2.22. The Morgan fingerprint density at radius 1 is 1.19 bits per heavy atom. The van der Waals surface area contributed by atoms with E-state index in [9.17, 15) is 12.8 Å². The van der Waals surface area contributed by atoms with Gasteiger partial charge in [-0.25, -0.2) is 12.8 Å². The summed E-state index contributed by atoms with van der Waals surface area (Å²) in [6.45, 7) is 1.84. The van der Waals surface area contributed by atoms with E-state index in [1.165, 1.54) is 19.2 Å². The van der Waals surface area contributed by atoms with E-state index >= 15 is 0 Å². The van der Waals surface area contributed by atoms with Crippen LogP contribution in [0.5, 0.6) is 0 Å². The van der Waals surface area contributed by atoms with Crippen LogP contribution in [0, 0.1) is 12.7 Å². The minimum atomic E-state index is -3.89. The summed E-state index contributed by atoms with van der Waals surface area (Å²) in [6.07, 6.45) is 0. The first kappa shape index (κ1) is 15.9. The Kier molecular flexibility index (Phi) is 4.66. The van der Waals surface area contributed by atoms with Crippen molar-refractivity contribution in [3.05, 3.63) is 64.4 Å². The number of rotatable bonds is 4. The summed E-state index contributed by atoms with van der Waals surface area (Å²) in [5.41, 5.74) is 1.42. The Bertz CT molecular complexity index is 762. The van der Waals surface area contributed by atoms with Crippen LogP contribution in [0.15, 0.2) is 47.4 Å². The lowest BCUT2D eigenvalue weighted by Crippen LogP contribution is -2.27. The van der Waals surface area contributed by atoms with Crippen LogP contribution in [0.25, 0.3) is 0 Å². The van der Waals surface area contributed by atoms with Gasteiger partial charge in [-0.05, 0) is 42.3 Å². The molecule has 0 saturated carbocycles. The molecule has 0 fully saturated rings. The third-order valence-electron chi connectivity index (χ3n) is 3.07. The van der Waals surface area contributed by atoms with Crippen LogP contribution in [-0.2, 0) is 16.6 Å². The van der Waals surface area contributed by atoms with Crippen molar-refractivity contribution in [3.8, 4) is 0 Å². The maximum Gasteiger partial charge on any atom is 0.246 e. The third-order valence-corrected chi connectivity index (χ3v) is 5.12. The molecule has 0 unspecified atom stereocenters. The fourth-order valence-corrected chi connectivity index (χ4v) is 3.47. The average molecular weight is 328 g/mol. The molecule has 2 aromatic carbocycles. The molecule has 0 heterocycles. The lowest BCUT2D eigenvalue weighted by atomic mass is 10.2. The van der Waals surface area contributed by atoms with Gasteiger partial charge in [0.1, 0.15) is 10.7 Å². The zero-order valence-corrected chi connectivity index (χ0v) is 13.2. The molecule has 2 aromatic rings. The quantitative estimate of drug-likeness (QED) is 0.860. The smallest absolute Gasteiger partial charge is 0.207 e. The predicted molar refractivity (Wildman–Crippen MR) is 81.2 cm³/mol. The molecular weight excluding hydrogens is 313 g/mol. The fraction of sp³-hybridized carbons (Fsp3) is 0.200. The maximum absolute atomic E-state index is 13.8. The summed E-state index contributed by atoms with van der Waals surface area (Å²) in [6, 6.07) is 10.9. The van der Waals surface area contributed by atoms with Gasteiger partial charge in [0.15, 0.2) is 0 Å². The van der Waals surface area contributed by atoms with E-state index < -0.39 is 15.8 Å². The van der Waals surface area contributed by atoms with Crippen molar-refractivity contribution < 1.29 is 12.8 Å². The van der Waals surface area contributed by atoms with E-state index in [4.69, 9.17) is 11.6 Å². The van der Waals surface area contributed by atoms with Crippen LogP contribution in [0.4, 0.5) is 4.39 Å². The number of aryl methyl sites for hydroxylation is 1. The lowest BCUT2D eigenvalue weighted by Gasteiger charge is -2.18. The number of halogens is 2. The highest BCUT2D eigenvalue weighted by molar-refractivity contribution is 7.89.